The lowest BCUT2D eigenvalue weighted by atomic mass is 10.3. The van der Waals surface area contributed by atoms with E-state index in [9.17, 15) is 0 Å². The fraction of sp³-hybridized carbons (Fsp3) is 0.818. The molecule has 0 spiro atoms. The average Bonchev–Trinajstić information content (AvgIpc) is 2.19. The lowest BCUT2D eigenvalue weighted by Gasteiger charge is -2.13. The van der Waals surface area contributed by atoms with Crippen molar-refractivity contribution < 1.29 is 0 Å². The van der Waals surface area contributed by atoms with E-state index in [4.69, 9.17) is 0 Å². The van der Waals surface area contributed by atoms with Gasteiger partial charge in [0.05, 0.1) is 0 Å². The Morgan fingerprint density at radius 3 is 2.50 bits per heavy atom. The molecule has 0 aromatic carbocycles. The fourth-order valence-electron chi connectivity index (χ4n) is 1.23. The normalized spacial score (nSPS) is 11.7. The number of hydrogen-bond donors (Lipinski definition) is 2. The van der Waals surface area contributed by atoms with E-state index in [-0.39, 0.29) is 0 Å². The van der Waals surface area contributed by atoms with E-state index in [0.29, 0.717) is 0 Å². The molecule has 0 unspecified atom stereocenters. The van der Waals surface area contributed by atoms with Crippen molar-refractivity contribution in [2.75, 3.05) is 47.3 Å². The summed E-state index contributed by atoms with van der Waals surface area (Å²) in [7, 11) is 6.14. The van der Waals surface area contributed by atoms with Crippen LogP contribution in [0.4, 0.5) is 0 Å². The molecule has 0 amide bonds. The zero-order chi connectivity index (χ0) is 10.6. The van der Waals surface area contributed by atoms with E-state index in [1.165, 1.54) is 19.4 Å². The van der Waals surface area contributed by atoms with Gasteiger partial charge in [-0.1, -0.05) is 12.2 Å². The first kappa shape index (κ1) is 13.6. The van der Waals surface area contributed by atoms with Gasteiger partial charge in [0.25, 0.3) is 0 Å². The zero-order valence-electron chi connectivity index (χ0n) is 9.84. The summed E-state index contributed by atoms with van der Waals surface area (Å²) in [5.41, 5.74) is 0. The number of likely N-dealkylation sites (N-methyl/N-ethyl adjacent to an activating group) is 2. The summed E-state index contributed by atoms with van der Waals surface area (Å²) in [6, 6.07) is 0. The van der Waals surface area contributed by atoms with Gasteiger partial charge in [-0.15, -0.1) is 0 Å². The highest BCUT2D eigenvalue weighted by atomic mass is 15.1. The zero-order valence-corrected chi connectivity index (χ0v) is 9.84. The highest BCUT2D eigenvalue weighted by Gasteiger charge is 1.94. The van der Waals surface area contributed by atoms with Gasteiger partial charge in [0.2, 0.25) is 0 Å². The number of nitrogens with zero attached hydrogens (tertiary/aromatic N) is 1. The molecule has 0 bridgehead atoms. The maximum Gasteiger partial charge on any atom is 0.0160 e. The summed E-state index contributed by atoms with van der Waals surface area (Å²) in [6.07, 6.45) is 6.93. The predicted octanol–water partition coefficient (Wildman–Crippen LogP) is 0.693. The molecule has 0 saturated heterocycles. The van der Waals surface area contributed by atoms with E-state index in [1.54, 1.807) is 0 Å². The summed E-state index contributed by atoms with van der Waals surface area (Å²) < 4.78 is 0. The molecule has 0 aliphatic carbocycles. The molecule has 84 valence electrons. The Labute approximate surface area is 88.6 Å². The Bertz CT molecular complexity index is 134. The fourth-order valence-corrected chi connectivity index (χ4v) is 1.23. The summed E-state index contributed by atoms with van der Waals surface area (Å²) >= 11 is 0. The molecule has 0 saturated carbocycles. The topological polar surface area (TPSA) is 27.3 Å². The molecule has 0 aromatic heterocycles. The molecular formula is C11H25N3. The van der Waals surface area contributed by atoms with E-state index >= 15 is 0 Å². The van der Waals surface area contributed by atoms with Gasteiger partial charge in [0, 0.05) is 13.1 Å². The molecule has 0 aromatic rings. The molecule has 0 aliphatic heterocycles. The summed E-state index contributed by atoms with van der Waals surface area (Å²) in [4.78, 5) is 2.35. The SMILES string of the molecule is CNC/C=C/CN(C)CCCCNC. The minimum absolute atomic E-state index is 0.966. The van der Waals surface area contributed by atoms with Gasteiger partial charge in [-0.3, -0.25) is 0 Å². The second kappa shape index (κ2) is 10.7. The van der Waals surface area contributed by atoms with Gasteiger partial charge in [0.1, 0.15) is 0 Å². The minimum Gasteiger partial charge on any atom is -0.320 e. The second-order valence-corrected chi connectivity index (χ2v) is 3.60. The molecule has 0 aliphatic rings. The first-order chi connectivity index (χ1) is 6.81. The third-order valence-electron chi connectivity index (χ3n) is 2.12. The van der Waals surface area contributed by atoms with Crippen molar-refractivity contribution in [3.05, 3.63) is 12.2 Å². The first-order valence-corrected chi connectivity index (χ1v) is 5.44. The van der Waals surface area contributed by atoms with Crippen LogP contribution in [-0.2, 0) is 0 Å². The number of hydrogen-bond acceptors (Lipinski definition) is 3. The molecule has 0 rings (SSSR count). The molecular weight excluding hydrogens is 174 g/mol. The molecule has 0 heterocycles. The van der Waals surface area contributed by atoms with Crippen LogP contribution in [0, 0.1) is 0 Å². The average molecular weight is 199 g/mol. The summed E-state index contributed by atoms with van der Waals surface area (Å²) in [5, 5.41) is 6.25. The Morgan fingerprint density at radius 2 is 1.86 bits per heavy atom. The van der Waals surface area contributed by atoms with Gasteiger partial charge in [-0.25, -0.2) is 0 Å². The lowest BCUT2D eigenvalue weighted by molar-refractivity contribution is 0.358. The van der Waals surface area contributed by atoms with Crippen molar-refractivity contribution in [3.8, 4) is 0 Å². The van der Waals surface area contributed by atoms with Gasteiger partial charge in [-0.2, -0.15) is 0 Å². The van der Waals surface area contributed by atoms with Crippen molar-refractivity contribution in [2.45, 2.75) is 12.8 Å². The van der Waals surface area contributed by atoms with Gasteiger partial charge in [0.15, 0.2) is 0 Å². The third-order valence-corrected chi connectivity index (χ3v) is 2.12. The standard InChI is InChI=1S/C11H25N3/c1-12-8-4-6-10-14(3)11-7-5-9-13-2/h4,6,12-13H,5,7-11H2,1-3H3/b6-4+. The lowest BCUT2D eigenvalue weighted by Crippen LogP contribution is -2.21. The summed E-state index contributed by atoms with van der Waals surface area (Å²) in [6.45, 7) is 4.34. The van der Waals surface area contributed by atoms with E-state index in [1.807, 2.05) is 14.1 Å². The Balaban J connectivity index is 3.23. The van der Waals surface area contributed by atoms with Crippen LogP contribution in [0.15, 0.2) is 12.2 Å². The van der Waals surface area contributed by atoms with Crippen molar-refractivity contribution in [2.24, 2.45) is 0 Å². The Kier molecular flexibility index (Phi) is 10.4. The van der Waals surface area contributed by atoms with Crippen LogP contribution in [0.1, 0.15) is 12.8 Å². The van der Waals surface area contributed by atoms with Crippen LogP contribution in [0.5, 0.6) is 0 Å². The largest absolute Gasteiger partial charge is 0.320 e. The maximum absolute atomic E-state index is 3.16. The summed E-state index contributed by atoms with van der Waals surface area (Å²) in [5.74, 6) is 0. The van der Waals surface area contributed by atoms with Crippen molar-refractivity contribution in [3.63, 3.8) is 0 Å². The van der Waals surface area contributed by atoms with Crippen molar-refractivity contribution >= 4 is 0 Å². The molecule has 0 fully saturated rings. The highest BCUT2D eigenvalue weighted by molar-refractivity contribution is 4.85. The van der Waals surface area contributed by atoms with Crippen LogP contribution in [0.3, 0.4) is 0 Å². The van der Waals surface area contributed by atoms with Gasteiger partial charge >= 0.3 is 0 Å². The molecule has 3 heteroatoms. The molecule has 14 heavy (non-hydrogen) atoms. The maximum atomic E-state index is 3.16. The van der Waals surface area contributed by atoms with Crippen LogP contribution in [0.2, 0.25) is 0 Å². The Morgan fingerprint density at radius 1 is 1.07 bits per heavy atom. The number of unbranched alkanes of at least 4 members (excludes halogenated alkanes) is 1. The monoisotopic (exact) mass is 199 g/mol. The van der Waals surface area contributed by atoms with E-state index < -0.39 is 0 Å². The smallest absolute Gasteiger partial charge is 0.0160 e. The first-order valence-electron chi connectivity index (χ1n) is 5.44. The third kappa shape index (κ3) is 9.71. The van der Waals surface area contributed by atoms with Crippen LogP contribution >= 0.6 is 0 Å². The van der Waals surface area contributed by atoms with E-state index in [0.717, 1.165) is 19.6 Å². The van der Waals surface area contributed by atoms with Crippen LogP contribution < -0.4 is 10.6 Å². The molecule has 0 atom stereocenters. The quantitative estimate of drug-likeness (QED) is 0.423. The Hall–Kier alpha value is -0.380. The number of rotatable bonds is 9. The van der Waals surface area contributed by atoms with Crippen molar-refractivity contribution in [1.82, 2.24) is 15.5 Å². The minimum atomic E-state index is 0.966. The second-order valence-electron chi connectivity index (χ2n) is 3.60. The van der Waals surface area contributed by atoms with Crippen LogP contribution in [0.25, 0.3) is 0 Å². The van der Waals surface area contributed by atoms with Crippen molar-refractivity contribution in [1.29, 1.82) is 0 Å². The van der Waals surface area contributed by atoms with E-state index in [2.05, 4.69) is 34.7 Å². The molecule has 0 radical (unpaired) electrons. The molecule has 3 nitrogen and oxygen atoms in total. The van der Waals surface area contributed by atoms with Crippen LogP contribution in [-0.4, -0.2) is 52.2 Å². The van der Waals surface area contributed by atoms with Gasteiger partial charge in [-0.05, 0) is 47.1 Å². The van der Waals surface area contributed by atoms with Gasteiger partial charge < -0.3 is 15.5 Å². The number of nitrogens with one attached hydrogen (secondary N) is 2. The molecule has 2 N–H and O–H groups in total. The highest BCUT2D eigenvalue weighted by Crippen LogP contribution is 1.91. The predicted molar refractivity (Wildman–Crippen MR) is 63.7 cm³/mol.